The average Bonchev–Trinajstić information content (AvgIpc) is 2.75. The fourth-order valence-electron chi connectivity index (χ4n) is 2.80. The molecule has 1 N–H and O–H groups in total. The van der Waals surface area contributed by atoms with E-state index in [0.29, 0.717) is 23.6 Å². The molecule has 0 saturated carbocycles. The van der Waals surface area contributed by atoms with E-state index in [4.69, 9.17) is 9.47 Å². The number of hydrogen-bond acceptors (Lipinski definition) is 4. The molecular formula is C24H23NO4. The third-order valence-electron chi connectivity index (χ3n) is 4.28. The van der Waals surface area contributed by atoms with Crippen molar-refractivity contribution in [2.24, 2.45) is 0 Å². The first-order valence-corrected chi connectivity index (χ1v) is 9.47. The van der Waals surface area contributed by atoms with E-state index in [1.54, 1.807) is 38.1 Å². The molecule has 0 aliphatic rings. The molecule has 3 aromatic rings. The summed E-state index contributed by atoms with van der Waals surface area (Å²) in [5, 5.41) is 2.76. The Labute approximate surface area is 170 Å². The van der Waals surface area contributed by atoms with Gasteiger partial charge in [0, 0.05) is 5.69 Å². The van der Waals surface area contributed by atoms with Gasteiger partial charge in [-0.25, -0.2) is 4.79 Å². The maximum atomic E-state index is 12.5. The summed E-state index contributed by atoms with van der Waals surface area (Å²) in [5.74, 6) is -0.128. The molecule has 5 nitrogen and oxygen atoms in total. The monoisotopic (exact) mass is 389 g/mol. The van der Waals surface area contributed by atoms with Crippen LogP contribution in [-0.2, 0) is 9.53 Å². The van der Waals surface area contributed by atoms with Crippen LogP contribution in [0.1, 0.15) is 24.2 Å². The summed E-state index contributed by atoms with van der Waals surface area (Å²) >= 11 is 0. The zero-order chi connectivity index (χ0) is 20.6. The zero-order valence-corrected chi connectivity index (χ0v) is 16.4. The molecule has 29 heavy (non-hydrogen) atoms. The third kappa shape index (κ3) is 5.45. The Morgan fingerprint density at radius 3 is 2.28 bits per heavy atom. The molecule has 0 spiro atoms. The van der Waals surface area contributed by atoms with Gasteiger partial charge in [0.25, 0.3) is 5.91 Å². The minimum Gasteiger partial charge on any atom is -0.481 e. The van der Waals surface area contributed by atoms with Crippen molar-refractivity contribution in [1.82, 2.24) is 0 Å². The Morgan fingerprint density at radius 1 is 0.897 bits per heavy atom. The van der Waals surface area contributed by atoms with Crippen molar-refractivity contribution in [2.75, 3.05) is 11.9 Å². The van der Waals surface area contributed by atoms with Gasteiger partial charge >= 0.3 is 5.97 Å². The third-order valence-corrected chi connectivity index (χ3v) is 4.28. The van der Waals surface area contributed by atoms with Gasteiger partial charge in [-0.05, 0) is 55.3 Å². The van der Waals surface area contributed by atoms with Gasteiger partial charge in [-0.2, -0.15) is 0 Å². The van der Waals surface area contributed by atoms with Crippen molar-refractivity contribution >= 4 is 17.6 Å². The Hall–Kier alpha value is -3.60. The molecule has 0 fully saturated rings. The molecule has 148 valence electrons. The van der Waals surface area contributed by atoms with Crippen molar-refractivity contribution in [3.63, 3.8) is 0 Å². The van der Waals surface area contributed by atoms with Crippen LogP contribution in [0.4, 0.5) is 5.69 Å². The standard InChI is InChI=1S/C24H23NO4/c1-3-28-24(27)20-10-7-11-21(16-20)25-23(26)17(2)29-22-14-12-19(13-15-22)18-8-5-4-6-9-18/h4-17H,3H2,1-2H3,(H,25,26). The number of ether oxygens (including phenoxy) is 2. The van der Waals surface area contributed by atoms with Crippen LogP contribution in [-0.4, -0.2) is 24.6 Å². The van der Waals surface area contributed by atoms with Gasteiger partial charge in [0.2, 0.25) is 0 Å². The summed E-state index contributed by atoms with van der Waals surface area (Å²) in [5.41, 5.74) is 3.09. The number of hydrogen-bond donors (Lipinski definition) is 1. The molecular weight excluding hydrogens is 366 g/mol. The molecule has 3 aromatic carbocycles. The number of carbonyl (C=O) groups is 2. The number of carbonyl (C=O) groups excluding carboxylic acids is 2. The van der Waals surface area contributed by atoms with Crippen LogP contribution in [0.5, 0.6) is 5.75 Å². The Morgan fingerprint density at radius 2 is 1.59 bits per heavy atom. The molecule has 1 amide bonds. The van der Waals surface area contributed by atoms with E-state index in [1.165, 1.54) is 0 Å². The highest BCUT2D eigenvalue weighted by Crippen LogP contribution is 2.23. The molecule has 1 atom stereocenters. The highest BCUT2D eigenvalue weighted by Gasteiger charge is 2.16. The van der Waals surface area contributed by atoms with E-state index >= 15 is 0 Å². The van der Waals surface area contributed by atoms with E-state index in [0.717, 1.165) is 11.1 Å². The van der Waals surface area contributed by atoms with Crippen LogP contribution >= 0.6 is 0 Å². The van der Waals surface area contributed by atoms with E-state index in [-0.39, 0.29) is 5.91 Å². The van der Waals surface area contributed by atoms with Gasteiger partial charge in [0.1, 0.15) is 5.75 Å². The van der Waals surface area contributed by atoms with E-state index in [1.807, 2.05) is 54.6 Å². The largest absolute Gasteiger partial charge is 0.481 e. The van der Waals surface area contributed by atoms with Crippen molar-refractivity contribution < 1.29 is 19.1 Å². The van der Waals surface area contributed by atoms with Crippen LogP contribution in [0.15, 0.2) is 78.9 Å². The van der Waals surface area contributed by atoms with Gasteiger partial charge in [0.05, 0.1) is 12.2 Å². The zero-order valence-electron chi connectivity index (χ0n) is 16.4. The van der Waals surface area contributed by atoms with Crippen molar-refractivity contribution in [2.45, 2.75) is 20.0 Å². The minimum absolute atomic E-state index is 0.295. The number of rotatable bonds is 7. The van der Waals surface area contributed by atoms with Gasteiger partial charge in [-0.1, -0.05) is 48.5 Å². The molecule has 0 bridgehead atoms. The first-order valence-electron chi connectivity index (χ1n) is 9.47. The molecule has 0 aliphatic carbocycles. The second-order valence-electron chi connectivity index (χ2n) is 6.44. The normalized spacial score (nSPS) is 11.4. The lowest BCUT2D eigenvalue weighted by Crippen LogP contribution is -2.30. The van der Waals surface area contributed by atoms with E-state index in [2.05, 4.69) is 5.32 Å². The molecule has 0 aromatic heterocycles. The Bertz CT molecular complexity index is 968. The highest BCUT2D eigenvalue weighted by atomic mass is 16.5. The SMILES string of the molecule is CCOC(=O)c1cccc(NC(=O)C(C)Oc2ccc(-c3ccccc3)cc2)c1. The number of benzene rings is 3. The van der Waals surface area contributed by atoms with E-state index in [9.17, 15) is 9.59 Å². The summed E-state index contributed by atoms with van der Waals surface area (Å²) in [7, 11) is 0. The van der Waals surface area contributed by atoms with Crippen molar-refractivity contribution in [3.8, 4) is 16.9 Å². The lowest BCUT2D eigenvalue weighted by molar-refractivity contribution is -0.122. The van der Waals surface area contributed by atoms with Gasteiger partial charge < -0.3 is 14.8 Å². The average molecular weight is 389 g/mol. The second-order valence-corrected chi connectivity index (χ2v) is 6.44. The van der Waals surface area contributed by atoms with Gasteiger partial charge in [-0.3, -0.25) is 4.79 Å². The molecule has 3 rings (SSSR count). The summed E-state index contributed by atoms with van der Waals surface area (Å²) in [6.07, 6.45) is -0.705. The molecule has 0 aliphatic heterocycles. The molecule has 0 heterocycles. The quantitative estimate of drug-likeness (QED) is 0.582. The first kappa shape index (κ1) is 20.1. The van der Waals surface area contributed by atoms with Crippen molar-refractivity contribution in [1.29, 1.82) is 0 Å². The number of anilines is 1. The van der Waals surface area contributed by atoms with Crippen LogP contribution in [0.3, 0.4) is 0 Å². The van der Waals surface area contributed by atoms with Gasteiger partial charge in [-0.15, -0.1) is 0 Å². The number of esters is 1. The smallest absolute Gasteiger partial charge is 0.338 e. The van der Waals surface area contributed by atoms with Crippen LogP contribution in [0.25, 0.3) is 11.1 Å². The summed E-state index contributed by atoms with van der Waals surface area (Å²) in [4.78, 5) is 24.3. The summed E-state index contributed by atoms with van der Waals surface area (Å²) < 4.78 is 10.7. The summed E-state index contributed by atoms with van der Waals surface area (Å²) in [6.45, 7) is 3.72. The molecule has 5 heteroatoms. The maximum absolute atomic E-state index is 12.5. The van der Waals surface area contributed by atoms with Crippen LogP contribution < -0.4 is 10.1 Å². The van der Waals surface area contributed by atoms with Crippen LogP contribution in [0.2, 0.25) is 0 Å². The first-order chi connectivity index (χ1) is 14.1. The lowest BCUT2D eigenvalue weighted by atomic mass is 10.1. The maximum Gasteiger partial charge on any atom is 0.338 e. The number of amides is 1. The number of nitrogens with one attached hydrogen (secondary N) is 1. The minimum atomic E-state index is -0.705. The van der Waals surface area contributed by atoms with Gasteiger partial charge in [0.15, 0.2) is 6.10 Å². The predicted molar refractivity (Wildman–Crippen MR) is 113 cm³/mol. The summed E-state index contributed by atoms with van der Waals surface area (Å²) in [6, 6.07) is 24.2. The van der Waals surface area contributed by atoms with Crippen LogP contribution in [0, 0.1) is 0 Å². The Kier molecular flexibility index (Phi) is 6.63. The molecule has 0 radical (unpaired) electrons. The van der Waals surface area contributed by atoms with E-state index < -0.39 is 12.1 Å². The molecule has 0 saturated heterocycles. The topological polar surface area (TPSA) is 64.6 Å². The Balaban J connectivity index is 1.61. The second kappa shape index (κ2) is 9.55. The molecule has 1 unspecified atom stereocenters. The highest BCUT2D eigenvalue weighted by molar-refractivity contribution is 5.96. The fourth-order valence-corrected chi connectivity index (χ4v) is 2.80. The predicted octanol–water partition coefficient (Wildman–Crippen LogP) is 4.94. The van der Waals surface area contributed by atoms with Crippen molar-refractivity contribution in [3.05, 3.63) is 84.4 Å². The fraction of sp³-hybridized carbons (Fsp3) is 0.167. The lowest BCUT2D eigenvalue weighted by Gasteiger charge is -2.15.